The van der Waals surface area contributed by atoms with Crippen LogP contribution in [0.4, 0.5) is 8.78 Å². The van der Waals surface area contributed by atoms with E-state index < -0.39 is 17.7 Å². The number of amides is 2. The molecular weight excluding hydrogens is 496 g/mol. The highest BCUT2D eigenvalue weighted by Crippen LogP contribution is 2.41. The topological polar surface area (TPSA) is 129 Å². The minimum absolute atomic E-state index is 0.0121. The predicted molar refractivity (Wildman–Crippen MR) is 133 cm³/mol. The fourth-order valence-corrected chi connectivity index (χ4v) is 5.07. The van der Waals surface area contributed by atoms with Gasteiger partial charge in [0.25, 0.3) is 11.8 Å². The van der Waals surface area contributed by atoms with Gasteiger partial charge in [-0.05, 0) is 42.0 Å². The number of halogens is 2. The first-order chi connectivity index (χ1) is 18.2. The van der Waals surface area contributed by atoms with Crippen LogP contribution in [0.5, 0.6) is 11.8 Å². The standard InChI is InChI=1S/C27H27F2N5O4/c1-37-26-32-12-17(13-33-26)19-3-2-4-22-21(19)10-18(14-38-22)34-25(36)16-9-20(23(24(30)35)31-11-16)15-5-7-27(28,29)8-6-15/h2-4,9,11-13,15,18H,5-8,10,14H2,1H3,(H2,30,35)(H,34,36)/t18-/m0/s1. The number of pyridine rings is 1. The molecule has 1 aliphatic heterocycles. The number of nitrogens with one attached hydrogen (secondary N) is 1. The molecule has 3 aromatic rings. The zero-order chi connectivity index (χ0) is 26.9. The second-order valence-corrected chi connectivity index (χ2v) is 9.58. The molecular formula is C27H27F2N5O4. The Balaban J connectivity index is 1.35. The maximum Gasteiger partial charge on any atom is 0.316 e. The molecule has 5 rings (SSSR count). The van der Waals surface area contributed by atoms with Crippen molar-refractivity contribution in [2.75, 3.05) is 13.7 Å². The number of primary amides is 1. The van der Waals surface area contributed by atoms with E-state index in [2.05, 4.69) is 20.3 Å². The fraction of sp³-hybridized carbons (Fsp3) is 0.370. The number of carbonyl (C=O) groups is 2. The number of fused-ring (bicyclic) bond motifs is 1. The zero-order valence-electron chi connectivity index (χ0n) is 20.7. The molecule has 2 aromatic heterocycles. The van der Waals surface area contributed by atoms with Crippen molar-refractivity contribution >= 4 is 11.8 Å². The van der Waals surface area contributed by atoms with Gasteiger partial charge >= 0.3 is 6.01 Å². The van der Waals surface area contributed by atoms with Crippen molar-refractivity contribution in [2.24, 2.45) is 5.73 Å². The summed E-state index contributed by atoms with van der Waals surface area (Å²) in [7, 11) is 1.49. The highest BCUT2D eigenvalue weighted by molar-refractivity contribution is 5.97. The van der Waals surface area contributed by atoms with Crippen LogP contribution in [0.2, 0.25) is 0 Å². The van der Waals surface area contributed by atoms with Crippen LogP contribution in [0.1, 0.15) is 63.6 Å². The second kappa shape index (κ2) is 10.3. The number of ether oxygens (including phenoxy) is 2. The quantitative estimate of drug-likeness (QED) is 0.504. The van der Waals surface area contributed by atoms with Crippen molar-refractivity contribution in [3.8, 4) is 22.9 Å². The van der Waals surface area contributed by atoms with Crippen LogP contribution in [0.15, 0.2) is 42.9 Å². The normalized spacial score (nSPS) is 18.7. The highest BCUT2D eigenvalue weighted by Gasteiger charge is 2.37. The van der Waals surface area contributed by atoms with Crippen LogP contribution >= 0.6 is 0 Å². The molecule has 0 saturated heterocycles. The number of nitrogens with zero attached hydrogens (tertiary/aromatic N) is 3. The van der Waals surface area contributed by atoms with Crippen LogP contribution in [0, 0.1) is 0 Å². The minimum atomic E-state index is -2.72. The number of benzene rings is 1. The molecule has 1 aromatic carbocycles. The summed E-state index contributed by atoms with van der Waals surface area (Å²) >= 11 is 0. The molecule has 1 aliphatic carbocycles. The molecule has 2 aliphatic rings. The maximum absolute atomic E-state index is 13.7. The average molecular weight is 524 g/mol. The highest BCUT2D eigenvalue weighted by atomic mass is 19.3. The van der Waals surface area contributed by atoms with Gasteiger partial charge in [-0.15, -0.1) is 0 Å². The van der Waals surface area contributed by atoms with Gasteiger partial charge in [-0.1, -0.05) is 12.1 Å². The first-order valence-electron chi connectivity index (χ1n) is 12.3. The van der Waals surface area contributed by atoms with Gasteiger partial charge in [0.2, 0.25) is 5.92 Å². The summed E-state index contributed by atoms with van der Waals surface area (Å²) < 4.78 is 38.4. The molecule has 11 heteroatoms. The fourth-order valence-electron chi connectivity index (χ4n) is 5.07. The summed E-state index contributed by atoms with van der Waals surface area (Å²) in [5, 5.41) is 2.97. The smallest absolute Gasteiger partial charge is 0.316 e. The van der Waals surface area contributed by atoms with Gasteiger partial charge in [0.15, 0.2) is 0 Å². The maximum atomic E-state index is 13.7. The molecule has 2 amide bonds. The van der Waals surface area contributed by atoms with Crippen LogP contribution in [-0.2, 0) is 6.42 Å². The first-order valence-corrected chi connectivity index (χ1v) is 12.3. The van der Waals surface area contributed by atoms with Crippen LogP contribution in [-0.4, -0.2) is 52.4 Å². The lowest BCUT2D eigenvalue weighted by Crippen LogP contribution is -2.43. The van der Waals surface area contributed by atoms with E-state index in [-0.39, 0.29) is 61.5 Å². The summed E-state index contributed by atoms with van der Waals surface area (Å²) in [5.74, 6) is -3.49. The van der Waals surface area contributed by atoms with E-state index in [1.54, 1.807) is 18.5 Å². The number of alkyl halides is 2. The van der Waals surface area contributed by atoms with Crippen molar-refractivity contribution in [3.05, 3.63) is 65.2 Å². The summed E-state index contributed by atoms with van der Waals surface area (Å²) in [5.41, 5.74) is 8.74. The lowest BCUT2D eigenvalue weighted by Gasteiger charge is -2.29. The van der Waals surface area contributed by atoms with E-state index in [4.69, 9.17) is 15.2 Å². The number of hydrogen-bond donors (Lipinski definition) is 2. The lowest BCUT2D eigenvalue weighted by molar-refractivity contribution is -0.0382. The monoisotopic (exact) mass is 523 g/mol. The Kier molecular flexibility index (Phi) is 6.92. The summed E-state index contributed by atoms with van der Waals surface area (Å²) in [6.45, 7) is 0.263. The Bertz CT molecular complexity index is 1360. The molecule has 38 heavy (non-hydrogen) atoms. The van der Waals surface area contributed by atoms with Gasteiger partial charge in [-0.2, -0.15) is 0 Å². The Labute approximate surface area is 217 Å². The SMILES string of the molecule is COc1ncc(-c2cccc3c2C[C@H](NC(=O)c2cnc(C(N)=O)c(C4CCC(F)(F)CC4)c2)CO3)cn1. The summed E-state index contributed by atoms with van der Waals surface area (Å²) in [6.07, 6.45) is 4.92. The van der Waals surface area contributed by atoms with Crippen molar-refractivity contribution in [3.63, 3.8) is 0 Å². The predicted octanol–water partition coefficient (Wildman–Crippen LogP) is 3.67. The molecule has 9 nitrogen and oxygen atoms in total. The first kappa shape index (κ1) is 25.5. The van der Waals surface area contributed by atoms with Gasteiger partial charge in [-0.3, -0.25) is 9.59 Å². The van der Waals surface area contributed by atoms with Gasteiger partial charge in [0.05, 0.1) is 18.7 Å². The third-order valence-corrected chi connectivity index (χ3v) is 7.05. The van der Waals surface area contributed by atoms with Gasteiger partial charge in [0, 0.05) is 49.0 Å². The number of methoxy groups -OCH3 is 1. The molecule has 1 atom stereocenters. The number of nitrogens with two attached hydrogens (primary N) is 1. The summed E-state index contributed by atoms with van der Waals surface area (Å²) in [6, 6.07) is 7.15. The van der Waals surface area contributed by atoms with E-state index in [1.807, 2.05) is 18.2 Å². The second-order valence-electron chi connectivity index (χ2n) is 9.58. The van der Waals surface area contributed by atoms with Crippen LogP contribution in [0.25, 0.3) is 11.1 Å². The van der Waals surface area contributed by atoms with Crippen molar-refractivity contribution in [1.29, 1.82) is 0 Å². The van der Waals surface area contributed by atoms with Crippen molar-refractivity contribution < 1.29 is 27.8 Å². The lowest BCUT2D eigenvalue weighted by atomic mass is 9.81. The van der Waals surface area contributed by atoms with Gasteiger partial charge in [-0.25, -0.2) is 23.7 Å². The number of rotatable bonds is 6. The third-order valence-electron chi connectivity index (χ3n) is 7.05. The molecule has 0 spiro atoms. The van der Waals surface area contributed by atoms with E-state index in [0.29, 0.717) is 17.7 Å². The third kappa shape index (κ3) is 5.27. The molecule has 198 valence electrons. The zero-order valence-corrected chi connectivity index (χ0v) is 20.7. The molecule has 1 saturated carbocycles. The summed E-state index contributed by atoms with van der Waals surface area (Å²) in [4.78, 5) is 37.6. The van der Waals surface area contributed by atoms with Crippen LogP contribution in [0.3, 0.4) is 0 Å². The number of carbonyl (C=O) groups excluding carboxylic acids is 2. The van der Waals surface area contributed by atoms with Crippen LogP contribution < -0.4 is 20.5 Å². The Morgan fingerprint density at radius 3 is 2.55 bits per heavy atom. The molecule has 3 N–H and O–H groups in total. The largest absolute Gasteiger partial charge is 0.491 e. The Morgan fingerprint density at radius 1 is 1.13 bits per heavy atom. The molecule has 0 unspecified atom stereocenters. The molecule has 3 heterocycles. The Hall–Kier alpha value is -4.15. The molecule has 0 radical (unpaired) electrons. The average Bonchev–Trinajstić information content (AvgIpc) is 2.92. The number of aromatic nitrogens is 3. The van der Waals surface area contributed by atoms with Gasteiger partial charge in [0.1, 0.15) is 18.1 Å². The molecule has 0 bridgehead atoms. The number of hydrogen-bond acceptors (Lipinski definition) is 7. The molecule has 1 fully saturated rings. The van der Waals surface area contributed by atoms with E-state index in [1.165, 1.54) is 13.3 Å². The van der Waals surface area contributed by atoms with E-state index in [9.17, 15) is 18.4 Å². The van der Waals surface area contributed by atoms with Crippen molar-refractivity contribution in [2.45, 2.75) is 50.0 Å². The van der Waals surface area contributed by atoms with E-state index >= 15 is 0 Å². The Morgan fingerprint density at radius 2 is 1.87 bits per heavy atom. The van der Waals surface area contributed by atoms with Gasteiger partial charge < -0.3 is 20.5 Å². The minimum Gasteiger partial charge on any atom is -0.491 e. The van der Waals surface area contributed by atoms with E-state index in [0.717, 1.165) is 16.7 Å². The van der Waals surface area contributed by atoms with Crippen molar-refractivity contribution in [1.82, 2.24) is 20.3 Å².